The monoisotopic (exact) mass is 539 g/mol. The van der Waals surface area contributed by atoms with Crippen molar-refractivity contribution in [1.29, 1.82) is 0 Å². The van der Waals surface area contributed by atoms with Crippen LogP contribution in [0.4, 0.5) is 5.69 Å². The van der Waals surface area contributed by atoms with E-state index >= 15 is 0 Å². The molecule has 196 valence electrons. The number of sulfonamides is 1. The zero-order valence-electron chi connectivity index (χ0n) is 21.5. The van der Waals surface area contributed by atoms with Crippen LogP contribution in [0.25, 0.3) is 0 Å². The number of carbonyl (C=O) groups is 1. The van der Waals surface area contributed by atoms with E-state index in [0.29, 0.717) is 18.8 Å². The summed E-state index contributed by atoms with van der Waals surface area (Å²) >= 11 is 1.57. The number of hydrogen-bond donors (Lipinski definition) is 0. The molecule has 37 heavy (non-hydrogen) atoms. The molecule has 3 heterocycles. The number of rotatable bonds is 6. The van der Waals surface area contributed by atoms with E-state index in [1.165, 1.54) is 34.3 Å². The first-order valence-corrected chi connectivity index (χ1v) is 14.9. The minimum atomic E-state index is -3.77. The quantitative estimate of drug-likeness (QED) is 0.471. The van der Waals surface area contributed by atoms with Gasteiger partial charge in [0.15, 0.2) is 0 Å². The standard InChI is InChI=1S/C28H33N3O4S2/c1-20-7-8-21(2)27(15-20)29-10-12-30(13-11-29)28(32)26-18-31(17-25(26)22-9-14-36-19-22)37(33,34)24-6-4-5-23(16-24)35-3/h4-9,14-16,19,25-26H,10-13,17-18H2,1-3H3/t25-,26+/m0/s1. The average molecular weight is 540 g/mol. The second-order valence-corrected chi connectivity index (χ2v) is 12.6. The third kappa shape index (κ3) is 5.12. The van der Waals surface area contributed by atoms with Crippen molar-refractivity contribution >= 4 is 33.0 Å². The van der Waals surface area contributed by atoms with Gasteiger partial charge >= 0.3 is 0 Å². The number of carbonyl (C=O) groups excluding carboxylic acids is 1. The van der Waals surface area contributed by atoms with E-state index in [2.05, 4.69) is 36.9 Å². The number of amides is 1. The molecule has 0 bridgehead atoms. The smallest absolute Gasteiger partial charge is 0.243 e. The van der Waals surface area contributed by atoms with Crippen LogP contribution in [0.1, 0.15) is 22.6 Å². The van der Waals surface area contributed by atoms with E-state index in [1.807, 2.05) is 21.7 Å². The number of thiophene rings is 1. The van der Waals surface area contributed by atoms with Gasteiger partial charge in [-0.1, -0.05) is 18.2 Å². The van der Waals surface area contributed by atoms with Gasteiger partial charge in [-0.15, -0.1) is 0 Å². The van der Waals surface area contributed by atoms with Crippen LogP contribution in [0.5, 0.6) is 5.75 Å². The number of aryl methyl sites for hydroxylation is 2. The second kappa shape index (κ2) is 10.5. The lowest BCUT2D eigenvalue weighted by molar-refractivity contribution is -0.135. The predicted molar refractivity (Wildman–Crippen MR) is 147 cm³/mol. The molecule has 0 radical (unpaired) electrons. The number of anilines is 1. The zero-order chi connectivity index (χ0) is 26.2. The Balaban J connectivity index is 1.35. The highest BCUT2D eigenvalue weighted by molar-refractivity contribution is 7.89. The van der Waals surface area contributed by atoms with Crippen LogP contribution in [0, 0.1) is 19.8 Å². The van der Waals surface area contributed by atoms with Gasteiger partial charge in [0.25, 0.3) is 0 Å². The third-order valence-corrected chi connectivity index (χ3v) is 10.1. The van der Waals surface area contributed by atoms with E-state index in [4.69, 9.17) is 4.74 Å². The van der Waals surface area contributed by atoms with Gasteiger partial charge in [-0.3, -0.25) is 4.79 Å². The number of nitrogens with zero attached hydrogens (tertiary/aromatic N) is 3. The summed E-state index contributed by atoms with van der Waals surface area (Å²) in [6.45, 7) is 7.45. The molecule has 2 aliphatic rings. The van der Waals surface area contributed by atoms with Crippen LogP contribution in [0.3, 0.4) is 0 Å². The summed E-state index contributed by atoms with van der Waals surface area (Å²) in [5.74, 6) is -0.0532. The van der Waals surface area contributed by atoms with Crippen molar-refractivity contribution in [2.75, 3.05) is 51.3 Å². The summed E-state index contributed by atoms with van der Waals surface area (Å²) < 4.78 is 33.8. The molecule has 5 rings (SSSR count). The minimum Gasteiger partial charge on any atom is -0.497 e. The van der Waals surface area contributed by atoms with Crippen LogP contribution in [0.15, 0.2) is 64.2 Å². The van der Waals surface area contributed by atoms with Gasteiger partial charge in [0.05, 0.1) is 17.9 Å². The molecule has 3 aromatic rings. The van der Waals surface area contributed by atoms with Crippen molar-refractivity contribution in [1.82, 2.24) is 9.21 Å². The topological polar surface area (TPSA) is 70.2 Å². The van der Waals surface area contributed by atoms with Crippen molar-refractivity contribution in [3.63, 3.8) is 0 Å². The molecular weight excluding hydrogens is 506 g/mol. The zero-order valence-corrected chi connectivity index (χ0v) is 23.1. The number of methoxy groups -OCH3 is 1. The lowest BCUT2D eigenvalue weighted by Crippen LogP contribution is -2.51. The molecule has 2 fully saturated rings. The third-order valence-electron chi connectivity index (χ3n) is 7.55. The van der Waals surface area contributed by atoms with Gasteiger partial charge in [0, 0.05) is 56.9 Å². The first kappa shape index (κ1) is 25.8. The van der Waals surface area contributed by atoms with Crippen molar-refractivity contribution in [2.45, 2.75) is 24.7 Å². The molecule has 1 aromatic heterocycles. The second-order valence-electron chi connectivity index (χ2n) is 9.87. The van der Waals surface area contributed by atoms with Crippen LogP contribution < -0.4 is 9.64 Å². The van der Waals surface area contributed by atoms with Gasteiger partial charge in [-0.25, -0.2) is 8.42 Å². The Morgan fingerprint density at radius 1 is 1.00 bits per heavy atom. The first-order valence-electron chi connectivity index (χ1n) is 12.5. The molecule has 0 saturated carbocycles. The lowest BCUT2D eigenvalue weighted by Gasteiger charge is -2.38. The fourth-order valence-corrected chi connectivity index (χ4v) is 7.66. The van der Waals surface area contributed by atoms with E-state index in [-0.39, 0.29) is 29.8 Å². The first-order chi connectivity index (χ1) is 17.8. The van der Waals surface area contributed by atoms with Crippen molar-refractivity contribution < 1.29 is 17.9 Å². The van der Waals surface area contributed by atoms with Crippen LogP contribution >= 0.6 is 11.3 Å². The molecular formula is C28H33N3O4S2. The van der Waals surface area contributed by atoms with Crippen molar-refractivity contribution in [3.8, 4) is 5.75 Å². The molecule has 9 heteroatoms. The molecule has 0 unspecified atom stereocenters. The summed E-state index contributed by atoms with van der Waals surface area (Å²) in [6, 6.07) is 15.0. The Labute approximate surface area is 223 Å². The molecule has 0 N–H and O–H groups in total. The fraction of sp³-hybridized carbons (Fsp3) is 0.393. The van der Waals surface area contributed by atoms with Crippen molar-refractivity contribution in [2.24, 2.45) is 5.92 Å². The molecule has 0 aliphatic carbocycles. The predicted octanol–water partition coefficient (Wildman–Crippen LogP) is 4.13. The average Bonchev–Trinajstić information content (AvgIpc) is 3.60. The van der Waals surface area contributed by atoms with Crippen molar-refractivity contribution in [3.05, 3.63) is 76.0 Å². The maximum absolute atomic E-state index is 13.8. The van der Waals surface area contributed by atoms with E-state index < -0.39 is 15.9 Å². The number of ether oxygens (including phenoxy) is 1. The van der Waals surface area contributed by atoms with Gasteiger partial charge in [0.1, 0.15) is 5.75 Å². The molecule has 2 aliphatic heterocycles. The normalized spacial score (nSPS) is 20.8. The highest BCUT2D eigenvalue weighted by Gasteiger charge is 2.45. The summed E-state index contributed by atoms with van der Waals surface area (Å²) in [7, 11) is -2.25. The molecule has 1 amide bonds. The van der Waals surface area contributed by atoms with Crippen LogP contribution in [-0.4, -0.2) is 69.9 Å². The summed E-state index contributed by atoms with van der Waals surface area (Å²) in [5, 5.41) is 4.02. The van der Waals surface area contributed by atoms with Crippen LogP contribution in [0.2, 0.25) is 0 Å². The SMILES string of the molecule is COc1cccc(S(=O)(=O)N2C[C@@H](C(=O)N3CCN(c4cc(C)ccc4C)CC3)[C@H](c3ccsc3)C2)c1. The van der Waals surface area contributed by atoms with E-state index in [1.54, 1.807) is 29.5 Å². The highest BCUT2D eigenvalue weighted by Crippen LogP contribution is 2.38. The van der Waals surface area contributed by atoms with E-state index in [0.717, 1.165) is 18.7 Å². The Bertz CT molecular complexity index is 1370. The largest absolute Gasteiger partial charge is 0.497 e. The summed E-state index contributed by atoms with van der Waals surface area (Å²) in [4.78, 5) is 18.3. The molecule has 2 atom stereocenters. The number of benzene rings is 2. The summed E-state index contributed by atoms with van der Waals surface area (Å²) in [5.41, 5.74) is 4.71. The number of hydrogen-bond acceptors (Lipinski definition) is 6. The Morgan fingerprint density at radius 3 is 2.49 bits per heavy atom. The Morgan fingerprint density at radius 2 is 1.78 bits per heavy atom. The lowest BCUT2D eigenvalue weighted by atomic mass is 9.89. The highest BCUT2D eigenvalue weighted by atomic mass is 32.2. The Kier molecular flexibility index (Phi) is 7.29. The maximum Gasteiger partial charge on any atom is 0.243 e. The van der Waals surface area contributed by atoms with Gasteiger partial charge in [-0.2, -0.15) is 15.6 Å². The number of piperazine rings is 1. The maximum atomic E-state index is 13.8. The summed E-state index contributed by atoms with van der Waals surface area (Å²) in [6.07, 6.45) is 0. The molecule has 7 nitrogen and oxygen atoms in total. The van der Waals surface area contributed by atoms with Crippen LogP contribution in [-0.2, 0) is 14.8 Å². The fourth-order valence-electron chi connectivity index (χ4n) is 5.41. The minimum absolute atomic E-state index is 0.0418. The van der Waals surface area contributed by atoms with E-state index in [9.17, 15) is 13.2 Å². The molecule has 2 aromatic carbocycles. The molecule has 2 saturated heterocycles. The van der Waals surface area contributed by atoms with Gasteiger partial charge < -0.3 is 14.5 Å². The van der Waals surface area contributed by atoms with Gasteiger partial charge in [-0.05, 0) is 65.6 Å². The van der Waals surface area contributed by atoms with Gasteiger partial charge in [0.2, 0.25) is 15.9 Å². The Hall–Kier alpha value is -2.88. The molecule has 0 spiro atoms.